The molecule has 3 heteroatoms. The van der Waals surface area contributed by atoms with E-state index < -0.39 is 8.07 Å². The fourth-order valence-electron chi connectivity index (χ4n) is 3.46. The molecule has 1 aliphatic rings. The maximum Gasteiger partial charge on any atom is 0.126 e. The van der Waals surface area contributed by atoms with Crippen molar-refractivity contribution in [1.82, 2.24) is 0 Å². The molecule has 2 rings (SSSR count). The molecule has 0 bridgehead atoms. The van der Waals surface area contributed by atoms with Crippen LogP contribution in [0.4, 0.5) is 0 Å². The third kappa shape index (κ3) is 4.06. The summed E-state index contributed by atoms with van der Waals surface area (Å²) in [5, 5.41) is 0.776. The van der Waals surface area contributed by atoms with Crippen molar-refractivity contribution < 1.29 is 4.74 Å². The van der Waals surface area contributed by atoms with Crippen molar-refractivity contribution in [3.8, 4) is 5.75 Å². The van der Waals surface area contributed by atoms with Gasteiger partial charge in [-0.1, -0.05) is 84.1 Å². The van der Waals surface area contributed by atoms with Gasteiger partial charge in [0.25, 0.3) is 0 Å². The number of hydrogen-bond acceptors (Lipinski definition) is 1. The van der Waals surface area contributed by atoms with Crippen LogP contribution in [0.25, 0.3) is 0 Å². The number of ether oxygens (including phenoxy) is 1. The summed E-state index contributed by atoms with van der Waals surface area (Å²) in [6.45, 7) is 18.4. The van der Waals surface area contributed by atoms with E-state index in [1.54, 1.807) is 7.11 Å². The van der Waals surface area contributed by atoms with E-state index in [9.17, 15) is 0 Å². The van der Waals surface area contributed by atoms with Crippen LogP contribution in [0.1, 0.15) is 45.7 Å². The summed E-state index contributed by atoms with van der Waals surface area (Å²) >= 11 is 6.51. The Morgan fingerprint density at radius 2 is 1.56 bits per heavy atom. The molecule has 138 valence electrons. The first kappa shape index (κ1) is 20.3. The van der Waals surface area contributed by atoms with Gasteiger partial charge in [0.15, 0.2) is 0 Å². The molecule has 1 unspecified atom stereocenters. The average molecular weight is 377 g/mol. The van der Waals surface area contributed by atoms with Crippen LogP contribution in [0.3, 0.4) is 0 Å². The van der Waals surface area contributed by atoms with Crippen LogP contribution in [-0.2, 0) is 10.8 Å². The topological polar surface area (TPSA) is 9.23 Å². The first-order valence-electron chi connectivity index (χ1n) is 9.07. The number of hydrogen-bond donors (Lipinski definition) is 0. The largest absolute Gasteiger partial charge is 0.496 e. The van der Waals surface area contributed by atoms with Crippen molar-refractivity contribution in [2.24, 2.45) is 0 Å². The van der Waals surface area contributed by atoms with Crippen LogP contribution in [0.2, 0.25) is 30.2 Å². The zero-order valence-corrected chi connectivity index (χ0v) is 19.0. The molecule has 0 aromatic heterocycles. The summed E-state index contributed by atoms with van der Waals surface area (Å²) in [4.78, 5) is 0. The second-order valence-electron chi connectivity index (χ2n) is 9.78. The predicted molar refractivity (Wildman–Crippen MR) is 114 cm³/mol. The second kappa shape index (κ2) is 6.63. The fourth-order valence-corrected chi connectivity index (χ4v) is 5.03. The number of benzene rings is 1. The molecule has 0 heterocycles. The molecule has 0 aliphatic heterocycles. The fraction of sp³-hybridized carbons (Fsp3) is 0.545. The lowest BCUT2D eigenvalue weighted by molar-refractivity contribution is 0.384. The lowest BCUT2D eigenvalue weighted by Gasteiger charge is -2.32. The first-order chi connectivity index (χ1) is 11.3. The Labute approximate surface area is 160 Å². The molecular weight excluding hydrogens is 344 g/mol. The van der Waals surface area contributed by atoms with Crippen molar-refractivity contribution in [3.05, 3.63) is 52.1 Å². The third-order valence-electron chi connectivity index (χ3n) is 5.30. The molecule has 0 spiro atoms. The summed E-state index contributed by atoms with van der Waals surface area (Å²) < 4.78 is 5.90. The second-order valence-corrected chi connectivity index (χ2v) is 15.6. The van der Waals surface area contributed by atoms with E-state index in [0.29, 0.717) is 5.54 Å². The van der Waals surface area contributed by atoms with E-state index in [-0.39, 0.29) is 10.8 Å². The summed E-state index contributed by atoms with van der Waals surface area (Å²) in [6.07, 6.45) is 7.15. The first-order valence-corrected chi connectivity index (χ1v) is 13.0. The number of allylic oxidation sites excluding steroid dienone is 4. The molecule has 1 aromatic rings. The number of methoxy groups -OCH3 is 1. The zero-order valence-electron chi connectivity index (χ0n) is 17.3. The molecule has 0 N–H and O–H groups in total. The lowest BCUT2D eigenvalue weighted by atomic mass is 9.74. The minimum absolute atomic E-state index is 0.0260. The van der Waals surface area contributed by atoms with E-state index in [0.717, 1.165) is 16.3 Å². The van der Waals surface area contributed by atoms with Crippen molar-refractivity contribution in [2.45, 2.75) is 70.6 Å². The lowest BCUT2D eigenvalue weighted by Crippen LogP contribution is -2.26. The van der Waals surface area contributed by atoms with Gasteiger partial charge in [-0.05, 0) is 28.7 Å². The monoisotopic (exact) mass is 376 g/mol. The Balaban J connectivity index is 2.61. The van der Waals surface area contributed by atoms with E-state index in [1.807, 2.05) is 6.07 Å². The van der Waals surface area contributed by atoms with E-state index in [2.05, 4.69) is 78.6 Å². The molecule has 0 radical (unpaired) electrons. The highest BCUT2D eigenvalue weighted by molar-refractivity contribution is 6.78. The van der Waals surface area contributed by atoms with Gasteiger partial charge in [0.05, 0.1) is 15.2 Å². The highest BCUT2D eigenvalue weighted by atomic mass is 35.5. The van der Waals surface area contributed by atoms with Gasteiger partial charge >= 0.3 is 0 Å². The Morgan fingerprint density at radius 3 is 2.00 bits per heavy atom. The van der Waals surface area contributed by atoms with Crippen LogP contribution in [0, 0.1) is 0 Å². The molecular formula is C22H33ClOSi. The van der Waals surface area contributed by atoms with Gasteiger partial charge in [0, 0.05) is 21.6 Å². The maximum absolute atomic E-state index is 6.51. The van der Waals surface area contributed by atoms with Gasteiger partial charge in [-0.15, -0.1) is 0 Å². The van der Waals surface area contributed by atoms with Crippen LogP contribution in [-0.4, -0.2) is 15.2 Å². The molecule has 25 heavy (non-hydrogen) atoms. The minimum Gasteiger partial charge on any atom is -0.496 e. The molecule has 1 aliphatic carbocycles. The summed E-state index contributed by atoms with van der Waals surface area (Å²) in [5.41, 5.74) is 4.10. The summed E-state index contributed by atoms with van der Waals surface area (Å²) in [7, 11) is 0.526. The van der Waals surface area contributed by atoms with Gasteiger partial charge < -0.3 is 4.74 Å². The van der Waals surface area contributed by atoms with Crippen LogP contribution >= 0.6 is 11.6 Å². The van der Waals surface area contributed by atoms with Crippen molar-refractivity contribution in [2.75, 3.05) is 7.11 Å². The average Bonchev–Trinajstić information content (AvgIpc) is 2.96. The Kier molecular flexibility index (Phi) is 5.39. The van der Waals surface area contributed by atoms with Crippen molar-refractivity contribution in [1.29, 1.82) is 0 Å². The molecule has 1 atom stereocenters. The minimum atomic E-state index is -1.24. The highest BCUT2D eigenvalue weighted by Gasteiger charge is 2.35. The Bertz CT molecular complexity index is 715. The maximum atomic E-state index is 6.51. The van der Waals surface area contributed by atoms with Gasteiger partial charge in [-0.25, -0.2) is 0 Å². The van der Waals surface area contributed by atoms with Crippen molar-refractivity contribution >= 4 is 19.7 Å². The Morgan fingerprint density at radius 1 is 1.00 bits per heavy atom. The van der Waals surface area contributed by atoms with E-state index in [1.165, 1.54) is 11.1 Å². The Hall–Kier alpha value is -0.993. The zero-order chi connectivity index (χ0) is 19.2. The smallest absolute Gasteiger partial charge is 0.126 e. The van der Waals surface area contributed by atoms with Crippen LogP contribution < -0.4 is 4.74 Å². The van der Waals surface area contributed by atoms with Gasteiger partial charge in [0.2, 0.25) is 0 Å². The SMILES string of the molecule is COc1c(C(C)(C)C)cc(Cl)cc1C(C)(C)C1=CC([Si](C)(C)C)C=C1. The molecule has 0 amide bonds. The van der Waals surface area contributed by atoms with E-state index >= 15 is 0 Å². The van der Waals surface area contributed by atoms with Crippen molar-refractivity contribution in [3.63, 3.8) is 0 Å². The molecule has 0 saturated carbocycles. The molecule has 0 saturated heterocycles. The van der Waals surface area contributed by atoms with Crippen LogP contribution in [0.15, 0.2) is 35.9 Å². The molecule has 1 nitrogen and oxygen atoms in total. The normalized spacial score (nSPS) is 18.5. The quantitative estimate of drug-likeness (QED) is 0.508. The van der Waals surface area contributed by atoms with E-state index in [4.69, 9.17) is 16.3 Å². The third-order valence-corrected chi connectivity index (χ3v) is 7.88. The van der Waals surface area contributed by atoms with Crippen LogP contribution in [0.5, 0.6) is 5.75 Å². The standard InChI is InChI=1S/C22H33ClOSi/c1-21(2,3)18-13-16(23)14-19(20(18)24-6)22(4,5)15-10-11-17(12-15)25(7,8)9/h10-14,17H,1-9H3. The number of rotatable bonds is 4. The highest BCUT2D eigenvalue weighted by Crippen LogP contribution is 2.47. The van der Waals surface area contributed by atoms with Gasteiger partial charge in [0.1, 0.15) is 5.75 Å². The predicted octanol–water partition coefficient (Wildman–Crippen LogP) is 7.13. The number of halogens is 1. The summed E-state index contributed by atoms with van der Waals surface area (Å²) in [6, 6.07) is 4.12. The summed E-state index contributed by atoms with van der Waals surface area (Å²) in [5.74, 6) is 0.965. The van der Waals surface area contributed by atoms with Gasteiger partial charge in [-0.2, -0.15) is 0 Å². The van der Waals surface area contributed by atoms with Gasteiger partial charge in [-0.3, -0.25) is 0 Å². The molecule has 1 aromatic carbocycles. The molecule has 0 fully saturated rings.